The van der Waals surface area contributed by atoms with E-state index in [-0.39, 0.29) is 0 Å². The number of aryl methyl sites for hydroxylation is 2. The molecular weight excluding hydrogens is 323 g/mol. The molecule has 102 valence electrons. The molecule has 0 N–H and O–H groups in total. The summed E-state index contributed by atoms with van der Waals surface area (Å²) >= 11 is 0.376. The molecule has 0 spiro atoms. The van der Waals surface area contributed by atoms with Gasteiger partial charge in [-0.25, -0.2) is 0 Å². The maximum absolute atomic E-state index is 4.49. The number of pyridine rings is 1. The number of hydrogen-bond acceptors (Lipinski definition) is 1. The number of fused-ring (bicyclic) bond motifs is 2. The zero-order valence-electron chi connectivity index (χ0n) is 12.0. The average Bonchev–Trinajstić information content (AvgIpc) is 2.94. The van der Waals surface area contributed by atoms with Gasteiger partial charge in [-0.3, -0.25) is 0 Å². The molecule has 0 aliphatic carbocycles. The number of hydrogen-bond donors (Lipinski definition) is 0. The van der Waals surface area contributed by atoms with Gasteiger partial charge in [0.1, 0.15) is 0 Å². The predicted molar refractivity (Wildman–Crippen MR) is 87.5 cm³/mol. The van der Waals surface area contributed by atoms with Crippen molar-refractivity contribution in [1.82, 2.24) is 4.98 Å². The molecule has 0 unspecified atom stereocenters. The first-order valence-electron chi connectivity index (χ1n) is 6.95. The second-order valence-corrected chi connectivity index (χ2v) is 7.21. The molecule has 21 heavy (non-hydrogen) atoms. The topological polar surface area (TPSA) is 16.8 Å². The quantitative estimate of drug-likeness (QED) is 0.385. The van der Waals surface area contributed by atoms with E-state index in [2.05, 4.69) is 77.3 Å². The third-order valence-corrected chi connectivity index (χ3v) is 5.65. The zero-order chi connectivity index (χ0) is 14.4. The first-order valence-corrected chi connectivity index (χ1v) is 8.80. The van der Waals surface area contributed by atoms with Crippen molar-refractivity contribution < 1.29 is 4.57 Å². The Bertz CT molecular complexity index is 969. The van der Waals surface area contributed by atoms with Crippen LogP contribution >= 0.6 is 0 Å². The van der Waals surface area contributed by atoms with Gasteiger partial charge in [0.2, 0.25) is 0 Å². The Morgan fingerprint density at radius 3 is 2.81 bits per heavy atom. The Morgan fingerprint density at radius 1 is 1.10 bits per heavy atom. The summed E-state index contributed by atoms with van der Waals surface area (Å²) in [5.74, 6) is 0. The summed E-state index contributed by atoms with van der Waals surface area (Å²) in [6.45, 7) is 2.18. The average molecular weight is 338 g/mol. The Labute approximate surface area is 129 Å². The van der Waals surface area contributed by atoms with Crippen molar-refractivity contribution in [3.63, 3.8) is 0 Å². The van der Waals surface area contributed by atoms with Crippen LogP contribution in [0.2, 0.25) is 0 Å². The van der Waals surface area contributed by atoms with Crippen molar-refractivity contribution in [3.8, 4) is 11.3 Å². The molecule has 0 bridgehead atoms. The Balaban J connectivity index is 2.16. The summed E-state index contributed by atoms with van der Waals surface area (Å²) in [7, 11) is 2.12. The van der Waals surface area contributed by atoms with E-state index in [4.69, 9.17) is 0 Å². The molecule has 2 nitrogen and oxygen atoms in total. The molecule has 0 saturated heterocycles. The Kier molecular flexibility index (Phi) is 2.91. The van der Waals surface area contributed by atoms with E-state index in [0.717, 1.165) is 5.52 Å². The number of aromatic nitrogens is 2. The van der Waals surface area contributed by atoms with Crippen LogP contribution in [-0.2, 0) is 7.05 Å². The third kappa shape index (κ3) is 2.01. The van der Waals surface area contributed by atoms with Crippen LogP contribution in [0.5, 0.6) is 0 Å². The second kappa shape index (κ2) is 4.80. The normalized spacial score (nSPS) is 11.3. The van der Waals surface area contributed by atoms with E-state index < -0.39 is 0 Å². The molecule has 3 heteroatoms. The van der Waals surface area contributed by atoms with Crippen LogP contribution in [-0.4, -0.2) is 19.5 Å². The van der Waals surface area contributed by atoms with Crippen molar-refractivity contribution in [3.05, 3.63) is 59.3 Å². The van der Waals surface area contributed by atoms with Crippen molar-refractivity contribution >= 4 is 35.1 Å². The van der Waals surface area contributed by atoms with E-state index in [0.29, 0.717) is 14.5 Å². The van der Waals surface area contributed by atoms with E-state index in [1.54, 1.807) is 0 Å². The SMILES string of the molecule is Cc1ccccc1-c1c2cc3[se]cnc3cc2cc[n+]1C. The summed E-state index contributed by atoms with van der Waals surface area (Å²) in [4.78, 5) is 4.49. The minimum atomic E-state index is 0.376. The molecule has 4 rings (SSSR count). The van der Waals surface area contributed by atoms with Crippen molar-refractivity contribution in [2.75, 3.05) is 0 Å². The molecule has 4 aromatic rings. The number of rotatable bonds is 1. The Morgan fingerprint density at radius 2 is 1.95 bits per heavy atom. The van der Waals surface area contributed by atoms with Crippen LogP contribution in [0.25, 0.3) is 31.8 Å². The third-order valence-electron chi connectivity index (χ3n) is 3.99. The number of benzene rings is 2. The fraction of sp³-hybridized carbons (Fsp3) is 0.111. The van der Waals surface area contributed by atoms with Crippen LogP contribution in [0, 0.1) is 6.92 Å². The van der Waals surface area contributed by atoms with Crippen LogP contribution in [0.4, 0.5) is 0 Å². The zero-order valence-corrected chi connectivity index (χ0v) is 13.7. The van der Waals surface area contributed by atoms with Crippen LogP contribution in [0.1, 0.15) is 5.56 Å². The van der Waals surface area contributed by atoms with Gasteiger partial charge in [0.15, 0.2) is 0 Å². The van der Waals surface area contributed by atoms with Gasteiger partial charge in [0.25, 0.3) is 0 Å². The summed E-state index contributed by atoms with van der Waals surface area (Å²) in [6, 6.07) is 15.3. The van der Waals surface area contributed by atoms with Gasteiger partial charge < -0.3 is 0 Å². The van der Waals surface area contributed by atoms with Crippen molar-refractivity contribution in [2.24, 2.45) is 7.05 Å². The molecule has 0 amide bonds. The van der Waals surface area contributed by atoms with Crippen LogP contribution in [0.3, 0.4) is 0 Å². The summed E-state index contributed by atoms with van der Waals surface area (Å²) in [5.41, 5.74) is 5.04. The monoisotopic (exact) mass is 339 g/mol. The van der Waals surface area contributed by atoms with E-state index in [1.807, 2.05) is 0 Å². The van der Waals surface area contributed by atoms with E-state index in [1.165, 1.54) is 31.9 Å². The van der Waals surface area contributed by atoms with Gasteiger partial charge in [0, 0.05) is 0 Å². The summed E-state index contributed by atoms with van der Waals surface area (Å²) in [5, 5.41) is 4.64. The van der Waals surface area contributed by atoms with Gasteiger partial charge in [-0.2, -0.15) is 0 Å². The standard InChI is InChI=1S/C18H15N2Se/c1-12-5-3-4-6-14(12)18-15-10-17-16(19-11-21-17)9-13(15)7-8-20(18)2/h3-11H,1-2H3/q+1. The first kappa shape index (κ1) is 12.8. The molecule has 2 aromatic carbocycles. The van der Waals surface area contributed by atoms with E-state index in [9.17, 15) is 0 Å². The molecule has 0 fully saturated rings. The van der Waals surface area contributed by atoms with Gasteiger partial charge >= 0.3 is 129 Å². The molecule has 0 radical (unpaired) electrons. The predicted octanol–water partition coefficient (Wildman–Crippen LogP) is 3.24. The van der Waals surface area contributed by atoms with E-state index >= 15 is 0 Å². The molecule has 0 atom stereocenters. The second-order valence-electron chi connectivity index (χ2n) is 5.35. The number of nitrogens with zero attached hydrogens (tertiary/aromatic N) is 2. The van der Waals surface area contributed by atoms with Gasteiger partial charge in [0.05, 0.1) is 0 Å². The van der Waals surface area contributed by atoms with Gasteiger partial charge in [-0.05, 0) is 0 Å². The molecule has 0 aliphatic heterocycles. The molecule has 0 aliphatic rings. The fourth-order valence-corrected chi connectivity index (χ4v) is 4.36. The molecule has 2 heterocycles. The van der Waals surface area contributed by atoms with Crippen molar-refractivity contribution in [2.45, 2.75) is 6.92 Å². The first-order chi connectivity index (χ1) is 10.2. The molecule has 0 saturated carbocycles. The van der Waals surface area contributed by atoms with Gasteiger partial charge in [-0.15, -0.1) is 0 Å². The Hall–Kier alpha value is -1.96. The van der Waals surface area contributed by atoms with Crippen molar-refractivity contribution in [1.29, 1.82) is 0 Å². The summed E-state index contributed by atoms with van der Waals surface area (Å²) in [6.07, 6.45) is 2.14. The van der Waals surface area contributed by atoms with Crippen LogP contribution < -0.4 is 4.57 Å². The fourth-order valence-electron chi connectivity index (χ4n) is 2.89. The molecular formula is C18H15N2Se+. The summed E-state index contributed by atoms with van der Waals surface area (Å²) < 4.78 is 3.61. The maximum atomic E-state index is 4.49. The minimum absolute atomic E-state index is 0.376. The van der Waals surface area contributed by atoms with Crippen LogP contribution in [0.15, 0.2) is 53.7 Å². The van der Waals surface area contributed by atoms with Gasteiger partial charge in [-0.1, -0.05) is 0 Å². The molecule has 2 aromatic heterocycles.